The Morgan fingerprint density at radius 2 is 1.91 bits per heavy atom. The molecule has 0 aliphatic carbocycles. The number of aromatic nitrogens is 3. The first-order valence-electron chi connectivity index (χ1n) is 7.06. The zero-order chi connectivity index (χ0) is 15.4. The summed E-state index contributed by atoms with van der Waals surface area (Å²) in [5, 5.41) is 9.83. The fourth-order valence-electron chi connectivity index (χ4n) is 2.26. The highest BCUT2D eigenvalue weighted by Crippen LogP contribution is 2.21. The minimum atomic E-state index is -0.175. The normalized spacial score (nSPS) is 11.9. The third kappa shape index (κ3) is 2.88. The van der Waals surface area contributed by atoms with E-state index in [9.17, 15) is 4.79 Å². The molecule has 5 heteroatoms. The van der Waals surface area contributed by atoms with Gasteiger partial charge in [-0.3, -0.25) is 14.9 Å². The van der Waals surface area contributed by atoms with Gasteiger partial charge in [0.15, 0.2) is 0 Å². The van der Waals surface area contributed by atoms with Gasteiger partial charge >= 0.3 is 0 Å². The summed E-state index contributed by atoms with van der Waals surface area (Å²) in [6.45, 7) is 1.91. The highest BCUT2D eigenvalue weighted by molar-refractivity contribution is 5.99. The number of pyridine rings is 1. The molecule has 3 rings (SSSR count). The van der Waals surface area contributed by atoms with E-state index in [2.05, 4.69) is 20.5 Å². The van der Waals surface area contributed by atoms with Crippen molar-refractivity contribution in [2.24, 2.45) is 0 Å². The monoisotopic (exact) mass is 292 g/mol. The summed E-state index contributed by atoms with van der Waals surface area (Å²) in [6.07, 6.45) is 3.26. The van der Waals surface area contributed by atoms with Gasteiger partial charge < -0.3 is 5.32 Å². The van der Waals surface area contributed by atoms with Crippen molar-refractivity contribution < 1.29 is 4.79 Å². The average Bonchev–Trinajstić information content (AvgIpc) is 3.06. The highest BCUT2D eigenvalue weighted by Gasteiger charge is 2.17. The predicted octanol–water partition coefficient (Wildman–Crippen LogP) is 2.96. The second kappa shape index (κ2) is 6.22. The van der Waals surface area contributed by atoms with Crippen LogP contribution in [-0.4, -0.2) is 21.1 Å². The maximum absolute atomic E-state index is 12.5. The molecule has 1 atom stereocenters. The number of rotatable bonds is 4. The Hall–Kier alpha value is -2.95. The Morgan fingerprint density at radius 3 is 2.64 bits per heavy atom. The molecule has 0 bridgehead atoms. The second-order valence-corrected chi connectivity index (χ2v) is 4.97. The van der Waals surface area contributed by atoms with Gasteiger partial charge in [0.2, 0.25) is 0 Å². The zero-order valence-electron chi connectivity index (χ0n) is 12.2. The van der Waals surface area contributed by atoms with Crippen LogP contribution in [-0.2, 0) is 0 Å². The Morgan fingerprint density at radius 1 is 1.14 bits per heavy atom. The molecule has 2 heterocycles. The van der Waals surface area contributed by atoms with Gasteiger partial charge in [-0.15, -0.1) is 0 Å². The molecule has 22 heavy (non-hydrogen) atoms. The molecule has 0 radical (unpaired) electrons. The maximum Gasteiger partial charge on any atom is 0.255 e. The molecule has 0 saturated heterocycles. The first-order valence-corrected chi connectivity index (χ1v) is 7.06. The molecule has 2 N–H and O–H groups in total. The molecule has 0 aliphatic rings. The van der Waals surface area contributed by atoms with E-state index in [0.717, 1.165) is 11.3 Å². The molecule has 0 unspecified atom stereocenters. The number of carbonyl (C=O) groups excluding carboxylic acids is 1. The Bertz CT molecular complexity index is 753. The summed E-state index contributed by atoms with van der Waals surface area (Å²) >= 11 is 0. The second-order valence-electron chi connectivity index (χ2n) is 4.97. The molecule has 0 fully saturated rings. The van der Waals surface area contributed by atoms with Crippen LogP contribution in [0.1, 0.15) is 29.0 Å². The summed E-state index contributed by atoms with van der Waals surface area (Å²) in [6, 6.07) is 15.1. The molecule has 1 aromatic carbocycles. The van der Waals surface area contributed by atoms with Crippen LogP contribution in [0.5, 0.6) is 0 Å². The van der Waals surface area contributed by atoms with Gasteiger partial charge in [0.05, 0.1) is 29.2 Å². The molecule has 110 valence electrons. The predicted molar refractivity (Wildman–Crippen MR) is 84.1 cm³/mol. The summed E-state index contributed by atoms with van der Waals surface area (Å²) < 4.78 is 0. The summed E-state index contributed by atoms with van der Waals surface area (Å²) in [5.74, 6) is -0.175. The quantitative estimate of drug-likeness (QED) is 0.776. The number of hydrogen-bond donors (Lipinski definition) is 2. The standard InChI is InChI=1S/C17H16N4O/c1-12(15-9-5-6-10-18-15)20-17(22)14-11-19-21-16(14)13-7-3-2-4-8-13/h2-12H,1H3,(H,19,21)(H,20,22)/t12-/m1/s1. The van der Waals surface area contributed by atoms with E-state index >= 15 is 0 Å². The van der Waals surface area contributed by atoms with Gasteiger partial charge in [0.1, 0.15) is 0 Å². The van der Waals surface area contributed by atoms with Crippen molar-refractivity contribution in [3.8, 4) is 11.3 Å². The maximum atomic E-state index is 12.5. The van der Waals surface area contributed by atoms with Crippen LogP contribution in [0.15, 0.2) is 60.9 Å². The molecule has 1 amide bonds. The Balaban J connectivity index is 1.81. The smallest absolute Gasteiger partial charge is 0.255 e. The first-order chi connectivity index (χ1) is 10.8. The van der Waals surface area contributed by atoms with Crippen LogP contribution >= 0.6 is 0 Å². The molecule has 0 saturated carbocycles. The van der Waals surface area contributed by atoms with Gasteiger partial charge in [0.25, 0.3) is 5.91 Å². The molecular weight excluding hydrogens is 276 g/mol. The van der Waals surface area contributed by atoms with E-state index in [1.165, 1.54) is 0 Å². The SMILES string of the molecule is C[C@@H](NC(=O)c1cn[nH]c1-c1ccccc1)c1ccccn1. The lowest BCUT2D eigenvalue weighted by Gasteiger charge is -2.13. The van der Waals surface area contributed by atoms with Crippen LogP contribution in [0.25, 0.3) is 11.3 Å². The number of hydrogen-bond acceptors (Lipinski definition) is 3. The van der Waals surface area contributed by atoms with Crippen molar-refractivity contribution in [2.45, 2.75) is 13.0 Å². The van der Waals surface area contributed by atoms with E-state index in [4.69, 9.17) is 0 Å². The number of nitrogens with zero attached hydrogens (tertiary/aromatic N) is 2. The lowest BCUT2D eigenvalue weighted by Crippen LogP contribution is -2.27. The fraction of sp³-hybridized carbons (Fsp3) is 0.118. The van der Waals surface area contributed by atoms with Gasteiger partial charge in [-0.05, 0) is 19.1 Å². The molecular formula is C17H16N4O. The van der Waals surface area contributed by atoms with Crippen LogP contribution in [0.2, 0.25) is 0 Å². The van der Waals surface area contributed by atoms with Crippen LogP contribution in [0, 0.1) is 0 Å². The topological polar surface area (TPSA) is 70.7 Å². The minimum absolute atomic E-state index is 0.174. The summed E-state index contributed by atoms with van der Waals surface area (Å²) in [7, 11) is 0. The highest BCUT2D eigenvalue weighted by atomic mass is 16.1. The lowest BCUT2D eigenvalue weighted by molar-refractivity contribution is 0.0940. The number of benzene rings is 1. The third-order valence-corrected chi connectivity index (χ3v) is 3.43. The first kappa shape index (κ1) is 14.0. The van der Waals surface area contributed by atoms with Crippen LogP contribution in [0.3, 0.4) is 0 Å². The largest absolute Gasteiger partial charge is 0.344 e. The molecule has 0 aliphatic heterocycles. The van der Waals surface area contributed by atoms with E-state index in [1.54, 1.807) is 12.4 Å². The van der Waals surface area contributed by atoms with Crippen molar-refractivity contribution in [2.75, 3.05) is 0 Å². The van der Waals surface area contributed by atoms with Gasteiger partial charge in [-0.2, -0.15) is 5.10 Å². The van der Waals surface area contributed by atoms with Crippen LogP contribution in [0.4, 0.5) is 0 Å². The zero-order valence-corrected chi connectivity index (χ0v) is 12.2. The van der Waals surface area contributed by atoms with Crippen molar-refractivity contribution >= 4 is 5.91 Å². The van der Waals surface area contributed by atoms with Gasteiger partial charge in [0, 0.05) is 11.8 Å². The fourth-order valence-corrected chi connectivity index (χ4v) is 2.26. The summed E-state index contributed by atoms with van der Waals surface area (Å²) in [5.41, 5.74) is 2.98. The lowest BCUT2D eigenvalue weighted by atomic mass is 10.1. The summed E-state index contributed by atoms with van der Waals surface area (Å²) in [4.78, 5) is 16.7. The Kier molecular flexibility index (Phi) is 3.96. The number of nitrogens with one attached hydrogen (secondary N) is 2. The van der Waals surface area contributed by atoms with E-state index in [1.807, 2.05) is 55.5 Å². The molecule has 0 spiro atoms. The molecule has 5 nitrogen and oxygen atoms in total. The van der Waals surface area contributed by atoms with Gasteiger partial charge in [-0.25, -0.2) is 0 Å². The van der Waals surface area contributed by atoms with E-state index in [0.29, 0.717) is 11.3 Å². The van der Waals surface area contributed by atoms with Crippen molar-refractivity contribution in [1.29, 1.82) is 0 Å². The molecule has 3 aromatic rings. The molecule has 2 aromatic heterocycles. The number of carbonyl (C=O) groups is 1. The number of aromatic amines is 1. The average molecular weight is 292 g/mol. The number of H-pyrrole nitrogens is 1. The van der Waals surface area contributed by atoms with E-state index in [-0.39, 0.29) is 11.9 Å². The van der Waals surface area contributed by atoms with Crippen LogP contribution < -0.4 is 5.32 Å². The number of amides is 1. The third-order valence-electron chi connectivity index (χ3n) is 3.43. The Labute approximate surface area is 128 Å². The minimum Gasteiger partial charge on any atom is -0.344 e. The van der Waals surface area contributed by atoms with Crippen molar-refractivity contribution in [3.05, 3.63) is 72.2 Å². The van der Waals surface area contributed by atoms with Crippen molar-refractivity contribution in [1.82, 2.24) is 20.5 Å². The van der Waals surface area contributed by atoms with Crippen molar-refractivity contribution in [3.63, 3.8) is 0 Å². The van der Waals surface area contributed by atoms with Gasteiger partial charge in [-0.1, -0.05) is 36.4 Å². The van der Waals surface area contributed by atoms with E-state index < -0.39 is 0 Å².